The molecule has 4 heteroatoms. The minimum Gasteiger partial charge on any atom is -0.381 e. The molecule has 2 aliphatic heterocycles. The standard InChI is InChI=1S/C8H12N2O2/c1-5-8(11)10-7(9-5)6-2-3-12-4-6/h5-6H,2-4H2,1H3,(H,9,10,11). The number of ether oxygens (including phenoxy) is 1. The zero-order valence-electron chi connectivity index (χ0n) is 7.04. The Labute approximate surface area is 71.0 Å². The van der Waals surface area contributed by atoms with Crippen LogP contribution in [0.3, 0.4) is 0 Å². The Morgan fingerprint density at radius 1 is 1.67 bits per heavy atom. The lowest BCUT2D eigenvalue weighted by Crippen LogP contribution is -2.32. The summed E-state index contributed by atoms with van der Waals surface area (Å²) in [7, 11) is 0. The van der Waals surface area contributed by atoms with E-state index in [4.69, 9.17) is 4.74 Å². The van der Waals surface area contributed by atoms with Crippen LogP contribution >= 0.6 is 0 Å². The zero-order chi connectivity index (χ0) is 8.55. The number of nitrogens with one attached hydrogen (secondary N) is 1. The largest absolute Gasteiger partial charge is 0.381 e. The third-order valence-electron chi connectivity index (χ3n) is 2.28. The molecule has 0 aromatic rings. The van der Waals surface area contributed by atoms with E-state index in [1.165, 1.54) is 0 Å². The number of carbonyl (C=O) groups excluding carboxylic acids is 1. The maximum absolute atomic E-state index is 11.1. The summed E-state index contributed by atoms with van der Waals surface area (Å²) in [5, 5.41) is 2.78. The third kappa shape index (κ3) is 1.22. The molecule has 1 fully saturated rings. The maximum Gasteiger partial charge on any atom is 0.249 e. The van der Waals surface area contributed by atoms with E-state index in [2.05, 4.69) is 10.3 Å². The lowest BCUT2D eigenvalue weighted by atomic mass is 10.1. The lowest BCUT2D eigenvalue weighted by Gasteiger charge is -2.05. The predicted molar refractivity (Wildman–Crippen MR) is 44.0 cm³/mol. The van der Waals surface area contributed by atoms with Gasteiger partial charge in [0.15, 0.2) is 0 Å². The summed E-state index contributed by atoms with van der Waals surface area (Å²) >= 11 is 0. The van der Waals surface area contributed by atoms with Crippen molar-refractivity contribution in [1.82, 2.24) is 5.32 Å². The molecular weight excluding hydrogens is 156 g/mol. The smallest absolute Gasteiger partial charge is 0.249 e. The van der Waals surface area contributed by atoms with E-state index in [0.717, 1.165) is 18.9 Å². The highest BCUT2D eigenvalue weighted by atomic mass is 16.5. The third-order valence-corrected chi connectivity index (χ3v) is 2.28. The van der Waals surface area contributed by atoms with Crippen LogP contribution in [0.1, 0.15) is 13.3 Å². The first-order chi connectivity index (χ1) is 5.77. The molecule has 1 saturated heterocycles. The van der Waals surface area contributed by atoms with Gasteiger partial charge in [-0.3, -0.25) is 9.79 Å². The minimum atomic E-state index is -0.208. The van der Waals surface area contributed by atoms with Crippen molar-refractivity contribution >= 4 is 11.7 Å². The monoisotopic (exact) mass is 168 g/mol. The highest BCUT2D eigenvalue weighted by Gasteiger charge is 2.29. The van der Waals surface area contributed by atoms with Crippen LogP contribution in [0.25, 0.3) is 0 Å². The van der Waals surface area contributed by atoms with Crippen molar-refractivity contribution in [2.45, 2.75) is 19.4 Å². The molecule has 2 heterocycles. The van der Waals surface area contributed by atoms with E-state index in [1.807, 2.05) is 0 Å². The molecule has 0 bridgehead atoms. The van der Waals surface area contributed by atoms with Crippen LogP contribution < -0.4 is 5.32 Å². The van der Waals surface area contributed by atoms with Crippen LogP contribution in [0.2, 0.25) is 0 Å². The topological polar surface area (TPSA) is 50.7 Å². The molecule has 1 N–H and O–H groups in total. The molecule has 1 amide bonds. The van der Waals surface area contributed by atoms with Gasteiger partial charge in [-0.1, -0.05) is 0 Å². The molecule has 12 heavy (non-hydrogen) atoms. The van der Waals surface area contributed by atoms with Crippen molar-refractivity contribution in [3.63, 3.8) is 0 Å². The summed E-state index contributed by atoms with van der Waals surface area (Å²) in [6, 6.07) is -0.208. The minimum absolute atomic E-state index is 0.0110. The number of aliphatic imine (C=N–C) groups is 1. The molecule has 0 spiro atoms. The van der Waals surface area contributed by atoms with Gasteiger partial charge in [0.1, 0.15) is 11.9 Å². The van der Waals surface area contributed by atoms with E-state index < -0.39 is 0 Å². The number of carbonyl (C=O) groups is 1. The number of rotatable bonds is 1. The Kier molecular flexibility index (Phi) is 1.84. The van der Waals surface area contributed by atoms with Gasteiger partial charge >= 0.3 is 0 Å². The van der Waals surface area contributed by atoms with Gasteiger partial charge < -0.3 is 10.1 Å². The molecule has 66 valence electrons. The summed E-state index contributed by atoms with van der Waals surface area (Å²) in [6.45, 7) is 3.29. The Balaban J connectivity index is 2.05. The molecule has 0 saturated carbocycles. The Morgan fingerprint density at radius 3 is 3.00 bits per heavy atom. The summed E-state index contributed by atoms with van der Waals surface area (Å²) in [5.74, 6) is 1.15. The molecular formula is C8H12N2O2. The molecule has 4 nitrogen and oxygen atoms in total. The predicted octanol–water partition coefficient (Wildman–Crippen LogP) is -0.0603. The Bertz CT molecular complexity index is 231. The van der Waals surface area contributed by atoms with Gasteiger partial charge in [0, 0.05) is 12.5 Å². The first kappa shape index (κ1) is 7.73. The van der Waals surface area contributed by atoms with Gasteiger partial charge in [0.05, 0.1) is 6.61 Å². The number of amidine groups is 1. The lowest BCUT2D eigenvalue weighted by molar-refractivity contribution is -0.119. The second-order valence-corrected chi connectivity index (χ2v) is 3.24. The van der Waals surface area contributed by atoms with Gasteiger partial charge in [-0.2, -0.15) is 0 Å². The van der Waals surface area contributed by atoms with Crippen molar-refractivity contribution in [1.29, 1.82) is 0 Å². The van der Waals surface area contributed by atoms with Gasteiger partial charge in [-0.15, -0.1) is 0 Å². The molecule has 2 aliphatic rings. The average Bonchev–Trinajstić information content (AvgIpc) is 2.61. The number of nitrogens with zero attached hydrogens (tertiary/aromatic N) is 1. The quantitative estimate of drug-likeness (QED) is 0.596. The van der Waals surface area contributed by atoms with Gasteiger partial charge in [-0.05, 0) is 13.3 Å². The Morgan fingerprint density at radius 2 is 2.50 bits per heavy atom. The van der Waals surface area contributed by atoms with Crippen LogP contribution in [0.15, 0.2) is 4.99 Å². The van der Waals surface area contributed by atoms with E-state index >= 15 is 0 Å². The molecule has 0 aromatic carbocycles. The molecule has 0 radical (unpaired) electrons. The number of amides is 1. The first-order valence-electron chi connectivity index (χ1n) is 4.23. The van der Waals surface area contributed by atoms with E-state index in [0.29, 0.717) is 12.5 Å². The van der Waals surface area contributed by atoms with Crippen LogP contribution in [0.5, 0.6) is 0 Å². The molecule has 2 atom stereocenters. The number of hydrogen-bond acceptors (Lipinski definition) is 3. The van der Waals surface area contributed by atoms with Crippen LogP contribution in [-0.2, 0) is 9.53 Å². The van der Waals surface area contributed by atoms with Gasteiger partial charge in [-0.25, -0.2) is 0 Å². The van der Waals surface area contributed by atoms with Crippen molar-refractivity contribution in [3.05, 3.63) is 0 Å². The SMILES string of the molecule is CC1N=C(C2CCOC2)NC1=O. The summed E-state index contributed by atoms with van der Waals surface area (Å²) in [5.41, 5.74) is 0. The number of hydrogen-bond donors (Lipinski definition) is 1. The second-order valence-electron chi connectivity index (χ2n) is 3.24. The molecule has 2 unspecified atom stereocenters. The summed E-state index contributed by atoms with van der Waals surface area (Å²) in [6.07, 6.45) is 0.978. The van der Waals surface area contributed by atoms with Gasteiger partial charge in [0.2, 0.25) is 5.91 Å². The second kappa shape index (κ2) is 2.86. The van der Waals surface area contributed by atoms with E-state index in [9.17, 15) is 4.79 Å². The van der Waals surface area contributed by atoms with Crippen LogP contribution in [-0.4, -0.2) is 31.0 Å². The molecule has 0 aromatic heterocycles. The molecule has 0 aliphatic carbocycles. The van der Waals surface area contributed by atoms with Crippen LogP contribution in [0, 0.1) is 5.92 Å². The van der Waals surface area contributed by atoms with Gasteiger partial charge in [0.25, 0.3) is 0 Å². The van der Waals surface area contributed by atoms with E-state index in [1.54, 1.807) is 6.92 Å². The normalized spacial score (nSPS) is 35.1. The highest BCUT2D eigenvalue weighted by molar-refractivity contribution is 6.06. The summed E-state index contributed by atoms with van der Waals surface area (Å²) < 4.78 is 5.21. The highest BCUT2D eigenvalue weighted by Crippen LogP contribution is 2.16. The summed E-state index contributed by atoms with van der Waals surface area (Å²) in [4.78, 5) is 15.3. The van der Waals surface area contributed by atoms with Crippen LogP contribution in [0.4, 0.5) is 0 Å². The van der Waals surface area contributed by atoms with Crippen molar-refractivity contribution in [3.8, 4) is 0 Å². The zero-order valence-corrected chi connectivity index (χ0v) is 7.04. The first-order valence-corrected chi connectivity index (χ1v) is 4.23. The fourth-order valence-corrected chi connectivity index (χ4v) is 1.49. The Hall–Kier alpha value is -0.900. The molecule has 2 rings (SSSR count). The maximum atomic E-state index is 11.1. The fraction of sp³-hybridized carbons (Fsp3) is 0.750. The van der Waals surface area contributed by atoms with Crippen molar-refractivity contribution < 1.29 is 9.53 Å². The van der Waals surface area contributed by atoms with E-state index in [-0.39, 0.29) is 11.9 Å². The van der Waals surface area contributed by atoms with Crippen molar-refractivity contribution in [2.75, 3.05) is 13.2 Å². The fourth-order valence-electron chi connectivity index (χ4n) is 1.49. The van der Waals surface area contributed by atoms with Crippen molar-refractivity contribution in [2.24, 2.45) is 10.9 Å². The average molecular weight is 168 g/mol.